The van der Waals surface area contributed by atoms with Crippen LogP contribution in [-0.2, 0) is 9.47 Å². The molecule has 2 saturated heterocycles. The number of hydrogen-bond donors (Lipinski definition) is 3. The van der Waals surface area contributed by atoms with E-state index in [-0.39, 0.29) is 35.6 Å². The number of nitrogens with zero attached hydrogens (tertiary/aromatic N) is 2. The van der Waals surface area contributed by atoms with Gasteiger partial charge in [0.15, 0.2) is 5.96 Å². The molecule has 30 heavy (non-hydrogen) atoms. The van der Waals surface area contributed by atoms with Gasteiger partial charge in [0.05, 0.1) is 13.2 Å². The lowest BCUT2D eigenvalue weighted by molar-refractivity contribution is 0.0353. The number of benzene rings is 1. The molecule has 1 atom stereocenters. The Balaban J connectivity index is 0.00000320. The maximum Gasteiger partial charge on any atom is 0.191 e. The topological polar surface area (TPSA) is 70.2 Å². The monoisotopic (exact) mass is 531 g/mol. The Bertz CT molecular complexity index is 619. The van der Waals surface area contributed by atoms with Crippen molar-refractivity contribution in [2.24, 2.45) is 4.99 Å². The Morgan fingerprint density at radius 2 is 1.73 bits per heavy atom. The fourth-order valence-corrected chi connectivity index (χ4v) is 4.05. The van der Waals surface area contributed by atoms with Crippen molar-refractivity contribution in [2.75, 3.05) is 66.2 Å². The summed E-state index contributed by atoms with van der Waals surface area (Å²) in [6, 6.07) is 10.9. The minimum absolute atomic E-state index is 0. The van der Waals surface area contributed by atoms with Gasteiger partial charge in [-0.25, -0.2) is 0 Å². The number of aliphatic imine (C=N–C) groups is 1. The van der Waals surface area contributed by atoms with Crippen LogP contribution >= 0.6 is 24.0 Å². The molecule has 0 amide bonds. The summed E-state index contributed by atoms with van der Waals surface area (Å²) in [5, 5.41) is 10.9. The van der Waals surface area contributed by atoms with Crippen LogP contribution in [0.5, 0.6) is 0 Å². The molecule has 8 heteroatoms. The summed E-state index contributed by atoms with van der Waals surface area (Å²) in [5.74, 6) is 0.860. The molecular formula is C22H38IN5O2. The highest BCUT2D eigenvalue weighted by Crippen LogP contribution is 2.25. The Morgan fingerprint density at radius 3 is 2.40 bits per heavy atom. The van der Waals surface area contributed by atoms with Gasteiger partial charge in [0.25, 0.3) is 0 Å². The highest BCUT2D eigenvalue weighted by Gasteiger charge is 2.34. The molecule has 1 aromatic rings. The average Bonchev–Trinajstić information content (AvgIpc) is 2.78. The summed E-state index contributed by atoms with van der Waals surface area (Å²) in [7, 11) is 1.83. The van der Waals surface area contributed by atoms with Crippen LogP contribution < -0.4 is 16.0 Å². The maximum absolute atomic E-state index is 5.65. The first-order valence-corrected chi connectivity index (χ1v) is 10.9. The Morgan fingerprint density at radius 1 is 1.07 bits per heavy atom. The van der Waals surface area contributed by atoms with Crippen LogP contribution in [0, 0.1) is 0 Å². The summed E-state index contributed by atoms with van der Waals surface area (Å²) in [4.78, 5) is 6.84. The third-order valence-electron chi connectivity index (χ3n) is 5.91. The minimum atomic E-state index is -0.00463. The largest absolute Gasteiger partial charge is 0.381 e. The van der Waals surface area contributed by atoms with Gasteiger partial charge < -0.3 is 25.4 Å². The van der Waals surface area contributed by atoms with E-state index >= 15 is 0 Å². The zero-order valence-electron chi connectivity index (χ0n) is 18.4. The Hall–Kier alpha value is -0.940. The SMILES string of the molecule is CN=C(NCCN1CCOCC1)NCC1(NC(C)c2ccccc2)CCOCC1.I. The summed E-state index contributed by atoms with van der Waals surface area (Å²) < 4.78 is 11.1. The van der Waals surface area contributed by atoms with E-state index in [0.717, 1.165) is 78.0 Å². The highest BCUT2D eigenvalue weighted by atomic mass is 127. The highest BCUT2D eigenvalue weighted by molar-refractivity contribution is 14.0. The minimum Gasteiger partial charge on any atom is -0.381 e. The summed E-state index contributed by atoms with van der Waals surface area (Å²) in [6.45, 7) is 10.2. The third-order valence-corrected chi connectivity index (χ3v) is 5.91. The number of nitrogens with one attached hydrogen (secondary N) is 3. The van der Waals surface area contributed by atoms with Crippen LogP contribution in [0.15, 0.2) is 35.3 Å². The van der Waals surface area contributed by atoms with Crippen molar-refractivity contribution >= 4 is 29.9 Å². The zero-order valence-corrected chi connectivity index (χ0v) is 20.7. The molecule has 2 heterocycles. The van der Waals surface area contributed by atoms with Gasteiger partial charge in [-0.2, -0.15) is 0 Å². The smallest absolute Gasteiger partial charge is 0.191 e. The van der Waals surface area contributed by atoms with Gasteiger partial charge in [0, 0.05) is 64.6 Å². The molecule has 3 rings (SSSR count). The van der Waals surface area contributed by atoms with Gasteiger partial charge in [-0.05, 0) is 25.3 Å². The summed E-state index contributed by atoms with van der Waals surface area (Å²) in [6.07, 6.45) is 1.98. The fraction of sp³-hybridized carbons (Fsp3) is 0.682. The first-order chi connectivity index (χ1) is 14.2. The maximum atomic E-state index is 5.65. The molecule has 3 N–H and O–H groups in total. The second kappa shape index (κ2) is 13.5. The molecule has 0 aromatic heterocycles. The van der Waals surface area contributed by atoms with Crippen LogP contribution in [0.2, 0.25) is 0 Å². The number of morpholine rings is 1. The van der Waals surface area contributed by atoms with Gasteiger partial charge in [0.1, 0.15) is 0 Å². The van der Waals surface area contributed by atoms with Crippen molar-refractivity contribution in [3.05, 3.63) is 35.9 Å². The van der Waals surface area contributed by atoms with E-state index in [1.54, 1.807) is 0 Å². The molecular weight excluding hydrogens is 493 g/mol. The molecule has 0 radical (unpaired) electrons. The van der Waals surface area contributed by atoms with E-state index in [4.69, 9.17) is 9.47 Å². The van der Waals surface area contributed by atoms with Crippen molar-refractivity contribution in [2.45, 2.75) is 31.3 Å². The lowest BCUT2D eigenvalue weighted by Crippen LogP contribution is -2.58. The Labute approximate surface area is 198 Å². The van der Waals surface area contributed by atoms with Crippen LogP contribution in [-0.4, -0.2) is 82.6 Å². The predicted octanol–water partition coefficient (Wildman–Crippen LogP) is 2.00. The lowest BCUT2D eigenvalue weighted by Gasteiger charge is -2.41. The van der Waals surface area contributed by atoms with Gasteiger partial charge >= 0.3 is 0 Å². The van der Waals surface area contributed by atoms with Crippen LogP contribution in [0.3, 0.4) is 0 Å². The molecule has 2 fully saturated rings. The van der Waals surface area contributed by atoms with Crippen LogP contribution in [0.4, 0.5) is 0 Å². The number of rotatable bonds is 8. The third kappa shape index (κ3) is 7.96. The number of guanidine groups is 1. The molecule has 0 aliphatic carbocycles. The molecule has 1 aromatic carbocycles. The average molecular weight is 531 g/mol. The lowest BCUT2D eigenvalue weighted by atomic mass is 9.88. The van der Waals surface area contributed by atoms with Crippen LogP contribution in [0.25, 0.3) is 0 Å². The summed E-state index contributed by atoms with van der Waals surface area (Å²) in [5.41, 5.74) is 1.31. The fourth-order valence-electron chi connectivity index (χ4n) is 4.05. The van der Waals surface area contributed by atoms with E-state index in [0.29, 0.717) is 0 Å². The van der Waals surface area contributed by atoms with E-state index in [1.165, 1.54) is 5.56 Å². The Kier molecular flexibility index (Phi) is 11.4. The number of halogens is 1. The van der Waals surface area contributed by atoms with Crippen molar-refractivity contribution in [3.8, 4) is 0 Å². The zero-order chi connectivity index (χ0) is 20.4. The molecule has 7 nitrogen and oxygen atoms in total. The van der Waals surface area contributed by atoms with Gasteiger partial charge in [0.2, 0.25) is 0 Å². The van der Waals surface area contributed by atoms with E-state index in [2.05, 4.69) is 63.1 Å². The van der Waals surface area contributed by atoms with Gasteiger partial charge in [-0.1, -0.05) is 30.3 Å². The van der Waals surface area contributed by atoms with E-state index < -0.39 is 0 Å². The first-order valence-electron chi connectivity index (χ1n) is 10.9. The van der Waals surface area contributed by atoms with E-state index in [1.807, 2.05) is 7.05 Å². The molecule has 2 aliphatic rings. The van der Waals surface area contributed by atoms with Crippen molar-refractivity contribution in [1.29, 1.82) is 0 Å². The number of ether oxygens (including phenoxy) is 2. The second-order valence-electron chi connectivity index (χ2n) is 7.98. The standard InChI is InChI=1S/C22H37N5O2.HI/c1-19(20-6-4-3-5-7-20)26-22(8-14-28-15-9-22)18-25-21(23-2)24-10-11-27-12-16-29-17-13-27;/h3-7,19,26H,8-18H2,1-2H3,(H2,23,24,25);1H. The molecule has 1 unspecified atom stereocenters. The second-order valence-corrected chi connectivity index (χ2v) is 7.98. The normalized spacial score (nSPS) is 20.8. The molecule has 170 valence electrons. The van der Waals surface area contributed by atoms with Gasteiger partial charge in [-0.15, -0.1) is 24.0 Å². The van der Waals surface area contributed by atoms with Crippen molar-refractivity contribution < 1.29 is 9.47 Å². The van der Waals surface area contributed by atoms with Gasteiger partial charge in [-0.3, -0.25) is 9.89 Å². The first kappa shape index (κ1) is 25.3. The van der Waals surface area contributed by atoms with Crippen molar-refractivity contribution in [1.82, 2.24) is 20.9 Å². The quantitative estimate of drug-likeness (QED) is 0.271. The molecule has 0 bridgehead atoms. The van der Waals surface area contributed by atoms with Crippen molar-refractivity contribution in [3.63, 3.8) is 0 Å². The molecule has 0 spiro atoms. The number of hydrogen-bond acceptors (Lipinski definition) is 5. The van der Waals surface area contributed by atoms with Crippen LogP contribution in [0.1, 0.15) is 31.4 Å². The van der Waals surface area contributed by atoms with E-state index in [9.17, 15) is 0 Å². The molecule has 2 aliphatic heterocycles. The summed E-state index contributed by atoms with van der Waals surface area (Å²) >= 11 is 0. The predicted molar refractivity (Wildman–Crippen MR) is 133 cm³/mol. The molecule has 0 saturated carbocycles.